The fraction of sp³-hybridized carbons (Fsp3) is 0.368. The van der Waals surface area contributed by atoms with Crippen molar-refractivity contribution < 1.29 is 4.79 Å². The number of nitrogens with zero attached hydrogens (tertiary/aromatic N) is 3. The molecule has 0 radical (unpaired) electrons. The van der Waals surface area contributed by atoms with Crippen LogP contribution in [0.25, 0.3) is 11.0 Å². The first-order valence-electron chi connectivity index (χ1n) is 8.97. The lowest BCUT2D eigenvalue weighted by atomic mass is 9.96. The molecule has 140 valence electrons. The number of fused-ring (bicyclic) bond motifs is 1. The lowest BCUT2D eigenvalue weighted by Crippen LogP contribution is -2.39. The summed E-state index contributed by atoms with van der Waals surface area (Å²) in [6, 6.07) is 9.28. The molecule has 1 aromatic carbocycles. The number of aromatic amines is 2. The Morgan fingerprint density at radius 1 is 1.22 bits per heavy atom. The maximum Gasteiger partial charge on any atom is 0.272 e. The highest BCUT2D eigenvalue weighted by Gasteiger charge is 2.27. The summed E-state index contributed by atoms with van der Waals surface area (Å²) in [7, 11) is 0. The smallest absolute Gasteiger partial charge is 0.272 e. The van der Waals surface area contributed by atoms with Crippen molar-refractivity contribution >= 4 is 28.7 Å². The number of para-hydroxylation sites is 2. The van der Waals surface area contributed by atoms with Gasteiger partial charge in [0.15, 0.2) is 0 Å². The van der Waals surface area contributed by atoms with Gasteiger partial charge in [0, 0.05) is 25.1 Å². The Morgan fingerprint density at radius 2 is 2.00 bits per heavy atom. The van der Waals surface area contributed by atoms with Crippen LogP contribution in [-0.2, 0) is 5.75 Å². The zero-order chi connectivity index (χ0) is 18.8. The Kier molecular flexibility index (Phi) is 4.98. The second-order valence-electron chi connectivity index (χ2n) is 6.72. The van der Waals surface area contributed by atoms with Gasteiger partial charge in [0.1, 0.15) is 17.3 Å². The second kappa shape index (κ2) is 7.56. The van der Waals surface area contributed by atoms with Crippen LogP contribution in [0.2, 0.25) is 0 Å². The molecule has 3 aromatic rings. The topological polar surface area (TPSA) is 94.7 Å². The van der Waals surface area contributed by atoms with Crippen LogP contribution < -0.4 is 5.56 Å². The van der Waals surface area contributed by atoms with Crippen LogP contribution >= 0.6 is 11.8 Å². The number of amides is 1. The maximum atomic E-state index is 12.8. The fourth-order valence-electron chi connectivity index (χ4n) is 3.51. The number of hydrogen-bond acceptors (Lipinski definition) is 5. The number of thioether (sulfide) groups is 1. The number of likely N-dealkylation sites (tertiary alicyclic amines) is 1. The molecule has 0 spiro atoms. The van der Waals surface area contributed by atoms with Gasteiger partial charge in [-0.2, -0.15) is 11.8 Å². The molecule has 2 aromatic heterocycles. The van der Waals surface area contributed by atoms with Crippen molar-refractivity contribution in [1.29, 1.82) is 0 Å². The molecule has 1 aliphatic rings. The van der Waals surface area contributed by atoms with Gasteiger partial charge < -0.3 is 14.9 Å². The first kappa shape index (κ1) is 17.8. The van der Waals surface area contributed by atoms with Crippen LogP contribution in [0, 0.1) is 0 Å². The molecule has 27 heavy (non-hydrogen) atoms. The van der Waals surface area contributed by atoms with Crippen LogP contribution in [0.1, 0.15) is 40.9 Å². The van der Waals surface area contributed by atoms with Crippen molar-refractivity contribution in [2.24, 2.45) is 0 Å². The van der Waals surface area contributed by atoms with Crippen molar-refractivity contribution in [2.75, 3.05) is 19.3 Å². The molecule has 0 bridgehead atoms. The van der Waals surface area contributed by atoms with Gasteiger partial charge in [-0.3, -0.25) is 9.59 Å². The molecule has 4 rings (SSSR count). The summed E-state index contributed by atoms with van der Waals surface area (Å²) in [5.74, 6) is 2.23. The molecule has 1 saturated heterocycles. The van der Waals surface area contributed by atoms with Gasteiger partial charge in [0.05, 0.1) is 16.8 Å². The molecule has 0 aliphatic carbocycles. The molecule has 8 heteroatoms. The highest BCUT2D eigenvalue weighted by molar-refractivity contribution is 7.97. The minimum Gasteiger partial charge on any atom is -0.342 e. The molecular formula is C19H21N5O2S. The molecule has 1 fully saturated rings. The zero-order valence-corrected chi connectivity index (χ0v) is 15.9. The lowest BCUT2D eigenvalue weighted by molar-refractivity contribution is 0.0704. The first-order valence-corrected chi connectivity index (χ1v) is 10.4. The van der Waals surface area contributed by atoms with Crippen LogP contribution in [0.5, 0.6) is 0 Å². The van der Waals surface area contributed by atoms with Gasteiger partial charge in [0.25, 0.3) is 11.5 Å². The summed E-state index contributed by atoms with van der Waals surface area (Å²) < 4.78 is 0. The summed E-state index contributed by atoms with van der Waals surface area (Å²) in [5.41, 5.74) is 1.96. The molecule has 2 N–H and O–H groups in total. The van der Waals surface area contributed by atoms with E-state index in [1.807, 2.05) is 30.5 Å². The van der Waals surface area contributed by atoms with E-state index >= 15 is 0 Å². The third-order valence-corrected chi connectivity index (χ3v) is 5.43. The van der Waals surface area contributed by atoms with Crippen molar-refractivity contribution in [1.82, 2.24) is 24.8 Å². The second-order valence-corrected chi connectivity index (χ2v) is 7.58. The molecule has 0 atom stereocenters. The molecule has 7 nitrogen and oxygen atoms in total. The van der Waals surface area contributed by atoms with Crippen LogP contribution in [0.15, 0.2) is 35.1 Å². The minimum atomic E-state index is -0.283. The van der Waals surface area contributed by atoms with E-state index in [4.69, 9.17) is 0 Å². The van der Waals surface area contributed by atoms with Gasteiger partial charge >= 0.3 is 0 Å². The van der Waals surface area contributed by atoms with E-state index in [2.05, 4.69) is 19.9 Å². The van der Waals surface area contributed by atoms with Crippen LogP contribution in [-0.4, -0.2) is 50.1 Å². The van der Waals surface area contributed by atoms with E-state index in [0.717, 1.165) is 29.7 Å². The average Bonchev–Trinajstić information content (AvgIpc) is 3.11. The van der Waals surface area contributed by atoms with E-state index in [0.29, 0.717) is 30.6 Å². The molecule has 0 unspecified atom stereocenters. The molecular weight excluding hydrogens is 362 g/mol. The van der Waals surface area contributed by atoms with Gasteiger partial charge in [0.2, 0.25) is 0 Å². The third kappa shape index (κ3) is 3.75. The van der Waals surface area contributed by atoms with E-state index in [-0.39, 0.29) is 17.2 Å². The van der Waals surface area contributed by atoms with Crippen molar-refractivity contribution in [3.63, 3.8) is 0 Å². The predicted molar refractivity (Wildman–Crippen MR) is 106 cm³/mol. The largest absolute Gasteiger partial charge is 0.342 e. The quantitative estimate of drug-likeness (QED) is 0.722. The van der Waals surface area contributed by atoms with E-state index in [1.54, 1.807) is 16.7 Å². The highest BCUT2D eigenvalue weighted by Crippen LogP contribution is 2.28. The molecule has 0 saturated carbocycles. The average molecular weight is 383 g/mol. The van der Waals surface area contributed by atoms with E-state index in [1.165, 1.54) is 6.07 Å². The Labute approximate surface area is 160 Å². The number of piperidine rings is 1. The summed E-state index contributed by atoms with van der Waals surface area (Å²) in [6.45, 7) is 1.26. The number of aromatic nitrogens is 4. The summed E-state index contributed by atoms with van der Waals surface area (Å²) in [5, 5.41) is 0. The van der Waals surface area contributed by atoms with Gasteiger partial charge in [-0.1, -0.05) is 12.1 Å². The SMILES string of the molecule is CSCc1nc(C(=O)N2CCC(c3nc4ccccc4[nH]3)CC2)cc(=O)[nH]1. The number of benzene rings is 1. The lowest BCUT2D eigenvalue weighted by Gasteiger charge is -2.30. The third-order valence-electron chi connectivity index (χ3n) is 4.87. The standard InChI is InChI=1S/C19H21N5O2S/c1-27-11-16-20-15(10-17(25)23-16)19(26)24-8-6-12(7-9-24)18-21-13-4-2-3-5-14(13)22-18/h2-5,10,12H,6-9,11H2,1H3,(H,21,22)(H,20,23,25). The van der Waals surface area contributed by atoms with Crippen molar-refractivity contribution in [3.05, 3.63) is 58.0 Å². The van der Waals surface area contributed by atoms with E-state index in [9.17, 15) is 9.59 Å². The zero-order valence-electron chi connectivity index (χ0n) is 15.1. The van der Waals surface area contributed by atoms with Gasteiger partial charge in [-0.15, -0.1) is 0 Å². The predicted octanol–water partition coefficient (Wildman–Crippen LogP) is 2.53. The van der Waals surface area contributed by atoms with Crippen molar-refractivity contribution in [2.45, 2.75) is 24.5 Å². The Morgan fingerprint density at radius 3 is 2.74 bits per heavy atom. The summed E-state index contributed by atoms with van der Waals surface area (Å²) >= 11 is 1.55. The van der Waals surface area contributed by atoms with Crippen molar-refractivity contribution in [3.8, 4) is 0 Å². The monoisotopic (exact) mass is 383 g/mol. The Hall–Kier alpha value is -2.61. The fourth-order valence-corrected chi connectivity index (χ4v) is 3.92. The number of H-pyrrole nitrogens is 2. The first-order chi connectivity index (χ1) is 13.1. The summed E-state index contributed by atoms with van der Waals surface area (Å²) in [4.78, 5) is 41.4. The highest BCUT2D eigenvalue weighted by atomic mass is 32.2. The number of carbonyl (C=O) groups is 1. The van der Waals surface area contributed by atoms with Crippen LogP contribution in [0.4, 0.5) is 0 Å². The Balaban J connectivity index is 1.45. The number of nitrogens with one attached hydrogen (secondary N) is 2. The van der Waals surface area contributed by atoms with Gasteiger partial charge in [-0.25, -0.2) is 9.97 Å². The normalized spacial score (nSPS) is 15.4. The summed E-state index contributed by atoms with van der Waals surface area (Å²) in [6.07, 6.45) is 3.61. The molecule has 1 amide bonds. The number of carbonyl (C=O) groups excluding carboxylic acids is 1. The number of rotatable bonds is 4. The van der Waals surface area contributed by atoms with E-state index < -0.39 is 0 Å². The maximum absolute atomic E-state index is 12.8. The number of hydrogen-bond donors (Lipinski definition) is 2. The molecule has 3 heterocycles. The Bertz CT molecular complexity index is 987. The minimum absolute atomic E-state index is 0.175. The number of imidazole rings is 1. The van der Waals surface area contributed by atoms with Crippen LogP contribution in [0.3, 0.4) is 0 Å². The molecule has 1 aliphatic heterocycles. The van der Waals surface area contributed by atoms with Gasteiger partial charge in [-0.05, 0) is 31.2 Å².